The minimum atomic E-state index is 0.0840. The van der Waals surface area contributed by atoms with E-state index in [0.29, 0.717) is 12.0 Å². The predicted molar refractivity (Wildman–Crippen MR) is 86.3 cm³/mol. The van der Waals surface area contributed by atoms with E-state index in [1.807, 2.05) is 24.3 Å². The van der Waals surface area contributed by atoms with Crippen molar-refractivity contribution in [3.63, 3.8) is 0 Å². The highest BCUT2D eigenvalue weighted by molar-refractivity contribution is 7.10. The van der Waals surface area contributed by atoms with Gasteiger partial charge in [-0.3, -0.25) is 0 Å². The van der Waals surface area contributed by atoms with Crippen LogP contribution in [0.3, 0.4) is 0 Å². The molecule has 4 heteroatoms. The van der Waals surface area contributed by atoms with Crippen molar-refractivity contribution < 1.29 is 4.74 Å². The molecule has 0 aliphatic rings. The molecule has 1 heterocycles. The van der Waals surface area contributed by atoms with Crippen LogP contribution in [0.2, 0.25) is 0 Å². The van der Waals surface area contributed by atoms with Crippen LogP contribution in [0.1, 0.15) is 30.3 Å². The average Bonchev–Trinajstić information content (AvgIpc) is 2.99. The maximum Gasteiger partial charge on any atom is 0.174 e. The number of nitrogens with one attached hydrogen (secondary N) is 1. The number of ether oxygens (including phenoxy) is 1. The van der Waals surface area contributed by atoms with Crippen LogP contribution in [-0.4, -0.2) is 6.61 Å². The summed E-state index contributed by atoms with van der Waals surface area (Å²) in [6.45, 7) is 5.32. The van der Waals surface area contributed by atoms with Gasteiger partial charge >= 0.3 is 0 Å². The molecule has 1 N–H and O–H groups in total. The first-order valence-corrected chi connectivity index (χ1v) is 7.94. The molecule has 1 atom stereocenters. The van der Waals surface area contributed by atoms with Crippen LogP contribution < -0.4 is 10.1 Å². The van der Waals surface area contributed by atoms with Crippen LogP contribution in [-0.2, 0) is 6.54 Å². The fourth-order valence-electron chi connectivity index (χ4n) is 2.22. The highest BCUT2D eigenvalue weighted by Gasteiger charge is 2.16. The molecule has 0 saturated heterocycles. The first-order valence-electron chi connectivity index (χ1n) is 7.06. The number of rotatable bonds is 7. The van der Waals surface area contributed by atoms with Gasteiger partial charge in [-0.2, -0.15) is 5.26 Å². The lowest BCUT2D eigenvalue weighted by Crippen LogP contribution is -2.24. The average molecular weight is 300 g/mol. The van der Waals surface area contributed by atoms with Crippen LogP contribution in [0.25, 0.3) is 0 Å². The molecule has 0 amide bonds. The quantitative estimate of drug-likeness (QED) is 0.836. The fourth-order valence-corrected chi connectivity index (χ4v) is 3.20. The molecule has 0 fully saturated rings. The second-order valence-corrected chi connectivity index (χ2v) is 6.19. The van der Waals surface area contributed by atoms with E-state index in [-0.39, 0.29) is 6.61 Å². The topological polar surface area (TPSA) is 45.0 Å². The van der Waals surface area contributed by atoms with Gasteiger partial charge in [0.15, 0.2) is 6.61 Å². The van der Waals surface area contributed by atoms with Crippen LogP contribution >= 0.6 is 11.3 Å². The lowest BCUT2D eigenvalue weighted by molar-refractivity contribution is 0.367. The van der Waals surface area contributed by atoms with Crippen molar-refractivity contribution in [3.8, 4) is 11.8 Å². The minimum absolute atomic E-state index is 0.0840. The third-order valence-corrected chi connectivity index (χ3v) is 4.20. The van der Waals surface area contributed by atoms with Crippen LogP contribution in [0, 0.1) is 17.2 Å². The van der Waals surface area contributed by atoms with Crippen molar-refractivity contribution in [3.05, 3.63) is 52.2 Å². The monoisotopic (exact) mass is 300 g/mol. The zero-order valence-electron chi connectivity index (χ0n) is 12.4. The van der Waals surface area contributed by atoms with E-state index in [1.54, 1.807) is 11.3 Å². The van der Waals surface area contributed by atoms with E-state index in [4.69, 9.17) is 10.00 Å². The summed E-state index contributed by atoms with van der Waals surface area (Å²) in [5, 5.41) is 14.3. The number of hydrogen-bond donors (Lipinski definition) is 1. The Morgan fingerprint density at radius 1 is 1.29 bits per heavy atom. The van der Waals surface area contributed by atoms with Crippen molar-refractivity contribution in [2.45, 2.75) is 26.4 Å². The van der Waals surface area contributed by atoms with Gasteiger partial charge in [0, 0.05) is 17.5 Å². The molecule has 1 aromatic heterocycles. The highest BCUT2D eigenvalue weighted by atomic mass is 32.1. The summed E-state index contributed by atoms with van der Waals surface area (Å²) in [5.74, 6) is 1.27. The Hall–Kier alpha value is -1.83. The molecule has 0 radical (unpaired) electrons. The van der Waals surface area contributed by atoms with Gasteiger partial charge in [-0.25, -0.2) is 0 Å². The molecular weight excluding hydrogens is 280 g/mol. The van der Waals surface area contributed by atoms with Gasteiger partial charge in [0.1, 0.15) is 11.8 Å². The van der Waals surface area contributed by atoms with Crippen molar-refractivity contribution in [2.24, 2.45) is 5.92 Å². The number of thiophene rings is 1. The summed E-state index contributed by atoms with van der Waals surface area (Å²) >= 11 is 1.79. The predicted octanol–water partition coefficient (Wildman–Crippen LogP) is 4.14. The van der Waals surface area contributed by atoms with E-state index in [1.165, 1.54) is 4.88 Å². The number of nitrogens with zero attached hydrogens (tertiary/aromatic N) is 1. The lowest BCUT2D eigenvalue weighted by atomic mass is 10.0. The van der Waals surface area contributed by atoms with Gasteiger partial charge in [-0.1, -0.05) is 32.0 Å². The zero-order valence-corrected chi connectivity index (χ0v) is 13.2. The third kappa shape index (κ3) is 4.59. The Labute approximate surface area is 130 Å². The van der Waals surface area contributed by atoms with E-state index < -0.39 is 0 Å². The maximum absolute atomic E-state index is 8.55. The molecule has 110 valence electrons. The minimum Gasteiger partial charge on any atom is -0.479 e. The van der Waals surface area contributed by atoms with E-state index >= 15 is 0 Å². The van der Waals surface area contributed by atoms with Gasteiger partial charge in [-0.15, -0.1) is 11.3 Å². The third-order valence-electron chi connectivity index (χ3n) is 3.24. The second kappa shape index (κ2) is 7.82. The Kier molecular flexibility index (Phi) is 5.79. The van der Waals surface area contributed by atoms with Gasteiger partial charge in [0.25, 0.3) is 0 Å². The van der Waals surface area contributed by atoms with Gasteiger partial charge in [0.2, 0.25) is 0 Å². The first-order chi connectivity index (χ1) is 10.2. The summed E-state index contributed by atoms with van der Waals surface area (Å²) < 4.78 is 5.34. The molecule has 21 heavy (non-hydrogen) atoms. The standard InChI is InChI=1S/C17H20N2OS/c1-13(2)17(16-7-4-10-21-16)19-12-14-5-3-6-15(11-14)20-9-8-18/h3-7,10-11,13,17,19H,9,12H2,1-2H3. The van der Waals surface area contributed by atoms with E-state index in [2.05, 4.69) is 42.7 Å². The Balaban J connectivity index is 1.99. The summed E-state index contributed by atoms with van der Waals surface area (Å²) in [6, 6.07) is 14.5. The van der Waals surface area contributed by atoms with Crippen LogP contribution in [0.4, 0.5) is 0 Å². The fraction of sp³-hybridized carbons (Fsp3) is 0.353. The number of hydrogen-bond acceptors (Lipinski definition) is 4. The van der Waals surface area contributed by atoms with Gasteiger partial charge < -0.3 is 10.1 Å². The zero-order chi connectivity index (χ0) is 15.1. The molecular formula is C17H20N2OS. The van der Waals surface area contributed by atoms with Crippen LogP contribution in [0.5, 0.6) is 5.75 Å². The van der Waals surface area contributed by atoms with E-state index in [0.717, 1.165) is 17.9 Å². The number of benzene rings is 1. The maximum atomic E-state index is 8.55. The normalized spacial score (nSPS) is 12.1. The van der Waals surface area contributed by atoms with Gasteiger partial charge in [-0.05, 0) is 35.1 Å². The van der Waals surface area contributed by atoms with Crippen molar-refractivity contribution in [1.29, 1.82) is 5.26 Å². The molecule has 3 nitrogen and oxygen atoms in total. The summed E-state index contributed by atoms with van der Waals surface area (Å²) in [4.78, 5) is 1.36. The second-order valence-electron chi connectivity index (χ2n) is 5.21. The highest BCUT2D eigenvalue weighted by Crippen LogP contribution is 2.26. The molecule has 0 aliphatic carbocycles. The smallest absolute Gasteiger partial charge is 0.174 e. The largest absolute Gasteiger partial charge is 0.479 e. The molecule has 1 aromatic carbocycles. The van der Waals surface area contributed by atoms with Crippen molar-refractivity contribution in [1.82, 2.24) is 5.32 Å². The first kappa shape index (κ1) is 15.6. The van der Waals surface area contributed by atoms with Crippen molar-refractivity contribution in [2.75, 3.05) is 6.61 Å². The number of nitriles is 1. The molecule has 0 aliphatic heterocycles. The molecule has 0 saturated carbocycles. The van der Waals surface area contributed by atoms with Gasteiger partial charge in [0.05, 0.1) is 0 Å². The van der Waals surface area contributed by atoms with Crippen LogP contribution in [0.15, 0.2) is 41.8 Å². The van der Waals surface area contributed by atoms with E-state index in [9.17, 15) is 0 Å². The Morgan fingerprint density at radius 2 is 2.14 bits per heavy atom. The Bertz CT molecular complexity index is 587. The molecule has 0 spiro atoms. The summed E-state index contributed by atoms with van der Waals surface area (Å²) in [5.41, 5.74) is 1.16. The Morgan fingerprint density at radius 3 is 2.81 bits per heavy atom. The molecule has 2 aromatic rings. The summed E-state index contributed by atoms with van der Waals surface area (Å²) in [7, 11) is 0. The lowest BCUT2D eigenvalue weighted by Gasteiger charge is -2.21. The molecule has 2 rings (SSSR count). The molecule has 1 unspecified atom stereocenters. The molecule has 0 bridgehead atoms. The SMILES string of the molecule is CC(C)C(NCc1cccc(OCC#N)c1)c1cccs1. The van der Waals surface area contributed by atoms with Crippen molar-refractivity contribution >= 4 is 11.3 Å². The summed E-state index contributed by atoms with van der Waals surface area (Å²) in [6.07, 6.45) is 0.